The van der Waals surface area contributed by atoms with Crippen molar-refractivity contribution in [3.8, 4) is 0 Å². The lowest BCUT2D eigenvalue weighted by atomic mass is 9.78. The van der Waals surface area contributed by atoms with Crippen molar-refractivity contribution in [2.45, 2.75) is 90.5 Å². The summed E-state index contributed by atoms with van der Waals surface area (Å²) in [6.45, 7) is 8.58. The van der Waals surface area contributed by atoms with E-state index < -0.39 is 9.84 Å². The van der Waals surface area contributed by atoms with Crippen LogP contribution in [0.4, 0.5) is 0 Å². The fraction of sp³-hybridized carbons (Fsp3) is 0.769. The average Bonchev–Trinajstić information content (AvgIpc) is 3.33. The molecule has 2 unspecified atom stereocenters. The van der Waals surface area contributed by atoms with Crippen molar-refractivity contribution in [3.63, 3.8) is 0 Å². The second-order valence-corrected chi connectivity index (χ2v) is 12.9. The molecule has 4 rings (SSSR count). The molecule has 0 bridgehead atoms. The minimum atomic E-state index is -2.67. The molecular formula is C26H44N2O4S2. The van der Waals surface area contributed by atoms with E-state index in [1.54, 1.807) is 11.3 Å². The third-order valence-corrected chi connectivity index (χ3v) is 8.02. The molecule has 3 heterocycles. The summed E-state index contributed by atoms with van der Waals surface area (Å²) >= 11 is 1.74. The quantitative estimate of drug-likeness (QED) is 0.547. The number of hydrogen-bond acceptors (Lipinski definition) is 5. The third kappa shape index (κ3) is 8.36. The van der Waals surface area contributed by atoms with Gasteiger partial charge in [0.25, 0.3) is 5.91 Å². The molecule has 0 radical (unpaired) electrons. The summed E-state index contributed by atoms with van der Waals surface area (Å²) in [6, 6.07) is 2.63. The average molecular weight is 513 g/mol. The molecule has 0 spiro atoms. The highest BCUT2D eigenvalue weighted by Gasteiger charge is 2.36. The predicted molar refractivity (Wildman–Crippen MR) is 141 cm³/mol. The topological polar surface area (TPSA) is 74.8 Å². The van der Waals surface area contributed by atoms with Gasteiger partial charge in [-0.1, -0.05) is 33.6 Å². The minimum absolute atomic E-state index is 0.257. The molecule has 0 N–H and O–H groups in total. The molecule has 2 amide bonds. The van der Waals surface area contributed by atoms with E-state index in [0.29, 0.717) is 18.4 Å². The van der Waals surface area contributed by atoms with Crippen LogP contribution in [0.3, 0.4) is 0 Å². The van der Waals surface area contributed by atoms with Crippen molar-refractivity contribution in [2.24, 2.45) is 5.92 Å². The van der Waals surface area contributed by atoms with Crippen molar-refractivity contribution in [2.75, 3.05) is 32.1 Å². The molecule has 1 aromatic heterocycles. The molecule has 2 saturated heterocycles. The van der Waals surface area contributed by atoms with Gasteiger partial charge in [0.05, 0.1) is 5.56 Å². The normalized spacial score (nSPS) is 23.1. The van der Waals surface area contributed by atoms with Gasteiger partial charge in [-0.3, -0.25) is 9.59 Å². The summed E-state index contributed by atoms with van der Waals surface area (Å²) in [5, 5.41) is 2.08. The summed E-state index contributed by atoms with van der Waals surface area (Å²) in [7, 11) is -2.67. The highest BCUT2D eigenvalue weighted by molar-refractivity contribution is 7.89. The SMILES string of the molecule is CC.CCC(=O)N1CCC(c2cc(C(=O)N3CCCC4CCCCC43)cs2)CC1.CS(C)(=O)=O. The van der Waals surface area contributed by atoms with Gasteiger partial charge in [0.15, 0.2) is 0 Å². The summed E-state index contributed by atoms with van der Waals surface area (Å²) in [6.07, 6.45) is 12.5. The van der Waals surface area contributed by atoms with E-state index in [1.807, 2.05) is 25.7 Å². The predicted octanol–water partition coefficient (Wildman–Crippen LogP) is 5.35. The van der Waals surface area contributed by atoms with Crippen LogP contribution >= 0.6 is 11.3 Å². The van der Waals surface area contributed by atoms with Crippen molar-refractivity contribution in [1.82, 2.24) is 9.80 Å². The molecule has 3 fully saturated rings. The van der Waals surface area contributed by atoms with Crippen LogP contribution in [0.2, 0.25) is 0 Å². The van der Waals surface area contributed by atoms with Gasteiger partial charge >= 0.3 is 0 Å². The first-order valence-corrected chi connectivity index (χ1v) is 16.2. The van der Waals surface area contributed by atoms with Crippen LogP contribution in [0.5, 0.6) is 0 Å². The van der Waals surface area contributed by atoms with Crippen LogP contribution in [0.1, 0.15) is 99.7 Å². The fourth-order valence-corrected chi connectivity index (χ4v) is 6.41. The molecule has 1 saturated carbocycles. The Labute approximate surface area is 211 Å². The lowest BCUT2D eigenvalue weighted by Crippen LogP contribution is -2.49. The lowest BCUT2D eigenvalue weighted by Gasteiger charge is -2.44. The molecule has 0 aromatic carbocycles. The van der Waals surface area contributed by atoms with Crippen LogP contribution in [-0.4, -0.2) is 68.2 Å². The number of piperidine rings is 2. The smallest absolute Gasteiger partial charge is 0.254 e. The zero-order valence-electron chi connectivity index (χ0n) is 21.7. The molecule has 34 heavy (non-hydrogen) atoms. The number of fused-ring (bicyclic) bond motifs is 1. The monoisotopic (exact) mass is 512 g/mol. The van der Waals surface area contributed by atoms with Crippen molar-refractivity contribution >= 4 is 33.0 Å². The maximum absolute atomic E-state index is 13.2. The summed E-state index contributed by atoms with van der Waals surface area (Å²) in [5.41, 5.74) is 0.897. The summed E-state index contributed by atoms with van der Waals surface area (Å²) < 4.78 is 19.3. The van der Waals surface area contributed by atoms with Gasteiger partial charge in [0.1, 0.15) is 9.84 Å². The van der Waals surface area contributed by atoms with Crippen molar-refractivity contribution < 1.29 is 18.0 Å². The maximum atomic E-state index is 13.2. The summed E-state index contributed by atoms with van der Waals surface area (Å²) in [5.74, 6) is 1.76. The Morgan fingerprint density at radius 3 is 2.18 bits per heavy atom. The number of sulfone groups is 1. The maximum Gasteiger partial charge on any atom is 0.254 e. The Bertz CT molecular complexity index is 878. The van der Waals surface area contributed by atoms with E-state index in [0.717, 1.165) is 62.9 Å². The van der Waals surface area contributed by atoms with Crippen molar-refractivity contribution in [1.29, 1.82) is 0 Å². The molecular weight excluding hydrogens is 468 g/mol. The first-order chi connectivity index (χ1) is 16.2. The number of amides is 2. The van der Waals surface area contributed by atoms with Crippen LogP contribution in [-0.2, 0) is 14.6 Å². The van der Waals surface area contributed by atoms with Crippen LogP contribution in [0, 0.1) is 5.92 Å². The van der Waals surface area contributed by atoms with E-state index in [9.17, 15) is 18.0 Å². The Morgan fingerprint density at radius 2 is 1.56 bits per heavy atom. The number of thiophene rings is 1. The lowest BCUT2D eigenvalue weighted by molar-refractivity contribution is -0.131. The van der Waals surface area contributed by atoms with Gasteiger partial charge in [0.2, 0.25) is 5.91 Å². The Morgan fingerprint density at radius 1 is 0.971 bits per heavy atom. The Balaban J connectivity index is 0.000000520. The third-order valence-electron chi connectivity index (χ3n) is 6.92. The first kappa shape index (κ1) is 28.8. The number of likely N-dealkylation sites (tertiary alicyclic amines) is 2. The summed E-state index contributed by atoms with van der Waals surface area (Å²) in [4.78, 5) is 30.6. The molecule has 6 nitrogen and oxygen atoms in total. The number of carbonyl (C=O) groups is 2. The molecule has 3 aliphatic rings. The van der Waals surface area contributed by atoms with E-state index in [2.05, 4.69) is 16.3 Å². The molecule has 8 heteroatoms. The molecule has 2 atom stereocenters. The van der Waals surface area contributed by atoms with E-state index in [4.69, 9.17) is 0 Å². The zero-order chi connectivity index (χ0) is 25.3. The van der Waals surface area contributed by atoms with Gasteiger partial charge in [-0.05, 0) is 56.4 Å². The fourth-order valence-electron chi connectivity index (χ4n) is 5.36. The largest absolute Gasteiger partial charge is 0.343 e. The zero-order valence-corrected chi connectivity index (χ0v) is 23.3. The van der Waals surface area contributed by atoms with Gasteiger partial charge < -0.3 is 9.80 Å². The number of hydrogen-bond donors (Lipinski definition) is 0. The van der Waals surface area contributed by atoms with E-state index in [1.165, 1.54) is 37.0 Å². The van der Waals surface area contributed by atoms with Gasteiger partial charge in [0, 0.05) is 54.9 Å². The van der Waals surface area contributed by atoms with Gasteiger partial charge in [-0.2, -0.15) is 0 Å². The Hall–Kier alpha value is -1.41. The highest BCUT2D eigenvalue weighted by Crippen LogP contribution is 2.37. The second-order valence-electron chi connectivity index (χ2n) is 9.64. The first-order valence-electron chi connectivity index (χ1n) is 13.0. The van der Waals surface area contributed by atoms with E-state index in [-0.39, 0.29) is 11.8 Å². The number of nitrogens with zero attached hydrogens (tertiary/aromatic N) is 2. The highest BCUT2D eigenvalue weighted by atomic mass is 32.2. The van der Waals surface area contributed by atoms with Gasteiger partial charge in [-0.15, -0.1) is 11.3 Å². The molecule has 2 aliphatic heterocycles. The van der Waals surface area contributed by atoms with E-state index >= 15 is 0 Å². The van der Waals surface area contributed by atoms with Crippen LogP contribution < -0.4 is 0 Å². The molecule has 194 valence electrons. The Kier molecular flexibility index (Phi) is 11.5. The van der Waals surface area contributed by atoms with Crippen LogP contribution in [0.25, 0.3) is 0 Å². The minimum Gasteiger partial charge on any atom is -0.343 e. The number of rotatable bonds is 3. The second kappa shape index (κ2) is 13.6. The molecule has 1 aliphatic carbocycles. The van der Waals surface area contributed by atoms with Crippen LogP contribution in [0.15, 0.2) is 11.4 Å². The molecule has 1 aromatic rings. The van der Waals surface area contributed by atoms with Gasteiger partial charge in [-0.25, -0.2) is 8.42 Å². The number of carbonyl (C=O) groups excluding carboxylic acids is 2. The standard InChI is InChI=1S/C22H32N2O2S.C2H6O2S.C2H6/c1-2-21(25)23-12-9-17(10-13-23)20-14-18(15-27-20)22(26)24-11-5-7-16-6-3-4-8-19(16)24;1-5(2,3)4;1-2/h14-17,19H,2-13H2,1H3;1-2H3;1-2H3. The van der Waals surface area contributed by atoms with Crippen molar-refractivity contribution in [3.05, 3.63) is 21.9 Å².